The van der Waals surface area contributed by atoms with Crippen molar-refractivity contribution in [1.29, 1.82) is 0 Å². The molecule has 3 heterocycles. The second-order valence-corrected chi connectivity index (χ2v) is 8.65. The number of rotatable bonds is 13. The SMILES string of the molecule is O=C(CCCCCN(Cc1ccccn1)Cc1ccccn1)NCC(=O)N1CCCC1B(O)O.[CH-]=O.[CH-]=O.[CH3-].[Re]. The van der Waals surface area contributed by atoms with Gasteiger partial charge < -0.3 is 37.3 Å². The molecule has 1 unspecified atom stereocenters. The summed E-state index contributed by atoms with van der Waals surface area (Å²) in [5.41, 5.74) is 2.02. The standard InChI is InChI=1S/C24H34BN5O4.2CHO.CH3.Re/c31-23(28-17-24(32)30-16-8-11-22(30)25(33)34)12-2-1-7-15-29(18-20-9-3-5-13-26-20)19-21-10-4-6-14-27-21;2*1-2;;/h3-6,9-10,13-14,22,33-34H,1-2,7-8,11-12,15-19H2,(H,28,31);2*1H;1H3;/q;3*-1;. The maximum absolute atomic E-state index is 12.3. The maximum Gasteiger partial charge on any atom is 0.475 e. The van der Waals surface area contributed by atoms with Crippen LogP contribution >= 0.6 is 0 Å². The normalized spacial score (nSPS) is 13.4. The van der Waals surface area contributed by atoms with Crippen molar-refractivity contribution in [3.05, 3.63) is 67.6 Å². The first-order valence-electron chi connectivity index (χ1n) is 12.4. The number of hydrogen-bond acceptors (Lipinski definition) is 9. The van der Waals surface area contributed by atoms with E-state index < -0.39 is 13.1 Å². The number of pyridine rings is 2. The van der Waals surface area contributed by atoms with Gasteiger partial charge in [-0.05, 0) is 56.5 Å². The molecular weight excluding hydrogens is 687 g/mol. The molecule has 13 heteroatoms. The van der Waals surface area contributed by atoms with E-state index in [0.29, 0.717) is 19.4 Å². The van der Waals surface area contributed by atoms with Crippen LogP contribution in [0.15, 0.2) is 48.8 Å². The second kappa shape index (κ2) is 24.0. The number of unbranched alkanes of at least 4 members (excludes halogenated alkanes) is 2. The molecule has 0 bridgehead atoms. The predicted octanol–water partition coefficient (Wildman–Crippen LogP) is 1.06. The van der Waals surface area contributed by atoms with E-state index in [4.69, 9.17) is 9.59 Å². The summed E-state index contributed by atoms with van der Waals surface area (Å²) in [6, 6.07) is 11.8. The third kappa shape index (κ3) is 15.1. The average Bonchev–Trinajstić information content (AvgIpc) is 3.46. The minimum atomic E-state index is -1.54. The van der Waals surface area contributed by atoms with Crippen molar-refractivity contribution in [1.82, 2.24) is 25.1 Å². The van der Waals surface area contributed by atoms with Crippen LogP contribution in [0.4, 0.5) is 0 Å². The first-order valence-corrected chi connectivity index (χ1v) is 12.4. The maximum atomic E-state index is 12.3. The van der Waals surface area contributed by atoms with Gasteiger partial charge in [0.15, 0.2) is 0 Å². The molecule has 2 amide bonds. The van der Waals surface area contributed by atoms with Crippen molar-refractivity contribution in [3.8, 4) is 0 Å². The first-order chi connectivity index (χ1) is 18.5. The first kappa shape index (κ1) is 39.3. The fraction of sp³-hybridized carbons (Fsp3) is 0.444. The zero-order valence-corrected chi connectivity index (χ0v) is 25.6. The fourth-order valence-electron chi connectivity index (χ4n) is 4.23. The molecule has 1 aliphatic heterocycles. The van der Waals surface area contributed by atoms with Crippen LogP contribution in [-0.2, 0) is 52.7 Å². The second-order valence-electron chi connectivity index (χ2n) is 8.65. The quantitative estimate of drug-likeness (QED) is 0.119. The Balaban J connectivity index is 0. The number of amides is 2. The minimum absolute atomic E-state index is 0. The molecule has 11 nitrogen and oxygen atoms in total. The fourth-order valence-corrected chi connectivity index (χ4v) is 4.23. The molecule has 40 heavy (non-hydrogen) atoms. The number of likely N-dealkylation sites (tertiary alicyclic amines) is 1. The summed E-state index contributed by atoms with van der Waals surface area (Å²) in [4.78, 5) is 52.6. The van der Waals surface area contributed by atoms with Crippen molar-refractivity contribution in [3.63, 3.8) is 0 Å². The Bertz CT molecular complexity index is 889. The predicted molar refractivity (Wildman–Crippen MR) is 149 cm³/mol. The van der Waals surface area contributed by atoms with E-state index in [2.05, 4.69) is 33.8 Å². The number of aromatic nitrogens is 2. The van der Waals surface area contributed by atoms with Gasteiger partial charge in [-0.3, -0.25) is 38.0 Å². The zero-order valence-electron chi connectivity index (χ0n) is 22.9. The van der Waals surface area contributed by atoms with Crippen LogP contribution in [0.5, 0.6) is 0 Å². The molecular formula is C27H39BN5O6Re-3. The molecule has 3 rings (SSSR count). The molecule has 3 N–H and O–H groups in total. The van der Waals surface area contributed by atoms with Crippen LogP contribution in [0.2, 0.25) is 0 Å². The van der Waals surface area contributed by atoms with E-state index in [9.17, 15) is 19.6 Å². The van der Waals surface area contributed by atoms with Crippen molar-refractivity contribution in [2.24, 2.45) is 0 Å². The van der Waals surface area contributed by atoms with Crippen molar-refractivity contribution < 1.29 is 49.6 Å². The smallest absolute Gasteiger partial charge is 0.475 e. The van der Waals surface area contributed by atoms with Crippen molar-refractivity contribution >= 4 is 32.5 Å². The Morgan fingerprint density at radius 3 is 2.05 bits per heavy atom. The van der Waals surface area contributed by atoms with E-state index in [-0.39, 0.29) is 46.2 Å². The molecule has 1 radical (unpaired) electrons. The Morgan fingerprint density at radius 1 is 0.975 bits per heavy atom. The molecule has 2 aromatic heterocycles. The molecule has 1 atom stereocenters. The van der Waals surface area contributed by atoms with Gasteiger partial charge in [0, 0.05) is 58.9 Å². The van der Waals surface area contributed by atoms with E-state index in [1.807, 2.05) is 36.4 Å². The van der Waals surface area contributed by atoms with Crippen LogP contribution in [0.25, 0.3) is 0 Å². The van der Waals surface area contributed by atoms with Crippen LogP contribution < -0.4 is 5.32 Å². The zero-order chi connectivity index (χ0) is 28.2. The summed E-state index contributed by atoms with van der Waals surface area (Å²) in [6.45, 7) is 9.22. The molecule has 2 aromatic rings. The number of nitrogens with zero attached hydrogens (tertiary/aromatic N) is 4. The van der Waals surface area contributed by atoms with E-state index in [0.717, 1.165) is 56.7 Å². The number of carbonyl (C=O) groups is 2. The van der Waals surface area contributed by atoms with Crippen molar-refractivity contribution in [2.45, 2.75) is 57.6 Å². The third-order valence-electron chi connectivity index (χ3n) is 6.00. The Kier molecular flexibility index (Phi) is 23.6. The molecule has 221 valence electrons. The van der Waals surface area contributed by atoms with Gasteiger partial charge >= 0.3 is 7.12 Å². The van der Waals surface area contributed by atoms with Gasteiger partial charge in [0.1, 0.15) is 0 Å². The Hall–Kier alpha value is -2.81. The monoisotopic (exact) mass is 727 g/mol. The average molecular weight is 727 g/mol. The van der Waals surface area contributed by atoms with E-state index in [1.165, 1.54) is 4.90 Å². The largest absolute Gasteiger partial charge is 0.545 e. The van der Waals surface area contributed by atoms with Crippen molar-refractivity contribution in [2.75, 3.05) is 19.6 Å². The third-order valence-corrected chi connectivity index (χ3v) is 6.00. The molecule has 1 fully saturated rings. The van der Waals surface area contributed by atoms with Gasteiger partial charge in [-0.2, -0.15) is 0 Å². The molecule has 0 aliphatic carbocycles. The van der Waals surface area contributed by atoms with E-state index in [1.54, 1.807) is 12.4 Å². The summed E-state index contributed by atoms with van der Waals surface area (Å²) >= 11 is 0. The van der Waals surface area contributed by atoms with Crippen LogP contribution in [-0.4, -0.2) is 87.9 Å². The van der Waals surface area contributed by atoms with Gasteiger partial charge in [0.05, 0.1) is 23.9 Å². The Morgan fingerprint density at radius 2 is 1.55 bits per heavy atom. The van der Waals surface area contributed by atoms with Gasteiger partial charge in [-0.1, -0.05) is 18.6 Å². The van der Waals surface area contributed by atoms with Gasteiger partial charge in [-0.15, -0.1) is 0 Å². The van der Waals surface area contributed by atoms with E-state index >= 15 is 0 Å². The number of hydrogen-bond donors (Lipinski definition) is 3. The van der Waals surface area contributed by atoms with Gasteiger partial charge in [0.2, 0.25) is 11.8 Å². The Labute approximate surface area is 251 Å². The van der Waals surface area contributed by atoms with Gasteiger partial charge in [-0.25, -0.2) is 0 Å². The number of nitrogens with one attached hydrogen (secondary N) is 1. The van der Waals surface area contributed by atoms with Crippen LogP contribution in [0.3, 0.4) is 0 Å². The minimum Gasteiger partial charge on any atom is -0.545 e. The molecule has 0 aromatic carbocycles. The summed E-state index contributed by atoms with van der Waals surface area (Å²) in [5, 5.41) is 21.4. The van der Waals surface area contributed by atoms with Crippen LogP contribution in [0.1, 0.15) is 49.9 Å². The molecule has 0 spiro atoms. The summed E-state index contributed by atoms with van der Waals surface area (Å²) in [6.07, 6.45) is 7.83. The molecule has 1 saturated heterocycles. The topological polar surface area (TPSA) is 153 Å². The summed E-state index contributed by atoms with van der Waals surface area (Å²) in [5.74, 6) is -1.01. The summed E-state index contributed by atoms with van der Waals surface area (Å²) in [7, 11) is -1.54. The number of carbonyl (C=O) groups excluding carboxylic acids is 4. The molecule has 1 aliphatic rings. The van der Waals surface area contributed by atoms with Gasteiger partial charge in [0.25, 0.3) is 0 Å². The summed E-state index contributed by atoms with van der Waals surface area (Å²) < 4.78 is 0. The van der Waals surface area contributed by atoms with Crippen LogP contribution in [0, 0.1) is 7.43 Å². The molecule has 0 saturated carbocycles.